The van der Waals surface area contributed by atoms with Crippen LogP contribution in [0.15, 0.2) is 18.2 Å². The van der Waals surface area contributed by atoms with Crippen molar-refractivity contribution < 1.29 is 9.90 Å². The van der Waals surface area contributed by atoms with E-state index in [4.69, 9.17) is 0 Å². The lowest BCUT2D eigenvalue weighted by molar-refractivity contribution is -0.138. The molecule has 3 heteroatoms. The molecule has 1 atom stereocenters. The van der Waals surface area contributed by atoms with Crippen LogP contribution in [0.5, 0.6) is 0 Å². The first kappa shape index (κ1) is 12.9. The Morgan fingerprint density at radius 1 is 1.39 bits per heavy atom. The molecular weight excluding hydrogens is 226 g/mol. The second-order valence-corrected chi connectivity index (χ2v) is 5.01. The quantitative estimate of drug-likeness (QED) is 0.811. The molecule has 0 amide bonds. The summed E-state index contributed by atoms with van der Waals surface area (Å²) in [5, 5.41) is 12.3. The van der Waals surface area contributed by atoms with Crippen LogP contribution in [0.1, 0.15) is 43.7 Å². The second-order valence-electron chi connectivity index (χ2n) is 5.01. The summed E-state index contributed by atoms with van der Waals surface area (Å²) >= 11 is 0. The molecule has 18 heavy (non-hydrogen) atoms. The third-order valence-electron chi connectivity index (χ3n) is 3.58. The number of unbranched alkanes of at least 4 members (excludes halogenated alkanes) is 1. The van der Waals surface area contributed by atoms with Gasteiger partial charge in [0, 0.05) is 5.69 Å². The average Bonchev–Trinajstić information content (AvgIpc) is 2.81. The molecule has 1 aromatic rings. The van der Waals surface area contributed by atoms with Gasteiger partial charge >= 0.3 is 5.97 Å². The van der Waals surface area contributed by atoms with Crippen molar-refractivity contribution in [1.29, 1.82) is 0 Å². The lowest BCUT2D eigenvalue weighted by Crippen LogP contribution is -2.29. The van der Waals surface area contributed by atoms with Gasteiger partial charge in [0.2, 0.25) is 0 Å². The molecule has 0 saturated heterocycles. The van der Waals surface area contributed by atoms with Crippen LogP contribution in [0.3, 0.4) is 0 Å². The van der Waals surface area contributed by atoms with Gasteiger partial charge in [-0.2, -0.15) is 0 Å². The van der Waals surface area contributed by atoms with Crippen LogP contribution in [0.2, 0.25) is 0 Å². The predicted molar refractivity (Wildman–Crippen MR) is 73.0 cm³/mol. The van der Waals surface area contributed by atoms with E-state index in [0.717, 1.165) is 31.4 Å². The minimum atomic E-state index is -0.760. The van der Waals surface area contributed by atoms with E-state index in [1.807, 2.05) is 6.07 Å². The number of anilines is 1. The predicted octanol–water partition coefficient (Wildman–Crippen LogP) is 3.23. The van der Waals surface area contributed by atoms with E-state index < -0.39 is 12.0 Å². The van der Waals surface area contributed by atoms with Crippen LogP contribution in [-0.4, -0.2) is 17.1 Å². The number of hydrogen-bond acceptors (Lipinski definition) is 2. The minimum Gasteiger partial charge on any atom is -0.480 e. The van der Waals surface area contributed by atoms with E-state index >= 15 is 0 Å². The summed E-state index contributed by atoms with van der Waals surface area (Å²) in [7, 11) is 0. The smallest absolute Gasteiger partial charge is 0.326 e. The molecule has 1 aromatic carbocycles. The third-order valence-corrected chi connectivity index (χ3v) is 3.58. The van der Waals surface area contributed by atoms with Crippen molar-refractivity contribution in [2.24, 2.45) is 0 Å². The Labute approximate surface area is 108 Å². The number of carbonyl (C=O) groups is 1. The summed E-state index contributed by atoms with van der Waals surface area (Å²) < 4.78 is 0. The van der Waals surface area contributed by atoms with Crippen LogP contribution < -0.4 is 5.32 Å². The molecule has 0 spiro atoms. The molecule has 0 heterocycles. The molecule has 2 rings (SSSR count). The zero-order valence-corrected chi connectivity index (χ0v) is 10.9. The number of hydrogen-bond donors (Lipinski definition) is 2. The van der Waals surface area contributed by atoms with E-state index in [1.165, 1.54) is 17.5 Å². The van der Waals surface area contributed by atoms with E-state index in [-0.39, 0.29) is 0 Å². The van der Waals surface area contributed by atoms with Gasteiger partial charge in [-0.3, -0.25) is 0 Å². The number of benzene rings is 1. The highest BCUT2D eigenvalue weighted by Gasteiger charge is 2.17. The Hall–Kier alpha value is -1.51. The Kier molecular flexibility index (Phi) is 4.24. The Morgan fingerprint density at radius 3 is 2.89 bits per heavy atom. The highest BCUT2D eigenvalue weighted by atomic mass is 16.4. The van der Waals surface area contributed by atoms with Crippen LogP contribution in [0.4, 0.5) is 5.69 Å². The normalized spacial score (nSPS) is 15.2. The Balaban J connectivity index is 2.04. The van der Waals surface area contributed by atoms with Gasteiger partial charge in [0.1, 0.15) is 6.04 Å². The van der Waals surface area contributed by atoms with Crippen molar-refractivity contribution in [2.45, 2.75) is 51.5 Å². The van der Waals surface area contributed by atoms with Crippen molar-refractivity contribution in [2.75, 3.05) is 5.32 Å². The lowest BCUT2D eigenvalue weighted by atomic mass is 10.1. The molecule has 0 radical (unpaired) electrons. The van der Waals surface area contributed by atoms with Gasteiger partial charge in [-0.25, -0.2) is 4.79 Å². The molecule has 0 bridgehead atoms. The number of rotatable bonds is 6. The number of aryl methyl sites for hydroxylation is 2. The van der Waals surface area contributed by atoms with Crippen molar-refractivity contribution in [1.82, 2.24) is 0 Å². The summed E-state index contributed by atoms with van der Waals surface area (Å²) in [6.45, 7) is 2.08. The molecule has 1 aliphatic rings. The van der Waals surface area contributed by atoms with E-state index in [1.54, 1.807) is 0 Å². The van der Waals surface area contributed by atoms with Crippen LogP contribution in [0, 0.1) is 0 Å². The second kappa shape index (κ2) is 5.89. The monoisotopic (exact) mass is 247 g/mol. The first-order chi connectivity index (χ1) is 8.70. The summed E-state index contributed by atoms with van der Waals surface area (Å²) in [5.74, 6) is -0.760. The molecule has 1 aliphatic carbocycles. The van der Waals surface area contributed by atoms with Crippen LogP contribution in [0.25, 0.3) is 0 Å². The zero-order valence-electron chi connectivity index (χ0n) is 10.9. The largest absolute Gasteiger partial charge is 0.480 e. The van der Waals surface area contributed by atoms with Crippen molar-refractivity contribution in [3.63, 3.8) is 0 Å². The van der Waals surface area contributed by atoms with Crippen LogP contribution >= 0.6 is 0 Å². The average molecular weight is 247 g/mol. The summed E-state index contributed by atoms with van der Waals surface area (Å²) in [6, 6.07) is 5.78. The third kappa shape index (κ3) is 3.03. The van der Waals surface area contributed by atoms with E-state index in [2.05, 4.69) is 24.4 Å². The summed E-state index contributed by atoms with van der Waals surface area (Å²) in [6.07, 6.45) is 6.15. The maximum absolute atomic E-state index is 11.2. The summed E-state index contributed by atoms with van der Waals surface area (Å²) in [5.41, 5.74) is 3.74. The van der Waals surface area contributed by atoms with Gasteiger partial charge in [0.25, 0.3) is 0 Å². The first-order valence-corrected chi connectivity index (χ1v) is 6.82. The van der Waals surface area contributed by atoms with Gasteiger partial charge in [0.05, 0.1) is 0 Å². The van der Waals surface area contributed by atoms with Crippen molar-refractivity contribution in [3.05, 3.63) is 29.3 Å². The number of fused-ring (bicyclic) bond motifs is 1. The zero-order chi connectivity index (χ0) is 13.0. The number of carboxylic acid groups (broad SMARTS) is 1. The molecule has 2 N–H and O–H groups in total. The van der Waals surface area contributed by atoms with E-state index in [0.29, 0.717) is 6.42 Å². The molecule has 0 fully saturated rings. The van der Waals surface area contributed by atoms with Crippen molar-refractivity contribution >= 4 is 11.7 Å². The van der Waals surface area contributed by atoms with Crippen LogP contribution in [-0.2, 0) is 17.6 Å². The Morgan fingerprint density at radius 2 is 2.17 bits per heavy atom. The summed E-state index contributed by atoms with van der Waals surface area (Å²) in [4.78, 5) is 11.2. The fourth-order valence-corrected chi connectivity index (χ4v) is 2.53. The fourth-order valence-electron chi connectivity index (χ4n) is 2.53. The minimum absolute atomic E-state index is 0.468. The Bertz CT molecular complexity index is 429. The number of carboxylic acids is 1. The van der Waals surface area contributed by atoms with Gasteiger partial charge in [-0.05, 0) is 48.9 Å². The highest BCUT2D eigenvalue weighted by Crippen LogP contribution is 2.25. The fraction of sp³-hybridized carbons (Fsp3) is 0.533. The van der Waals surface area contributed by atoms with E-state index in [9.17, 15) is 9.90 Å². The van der Waals surface area contributed by atoms with Crippen molar-refractivity contribution in [3.8, 4) is 0 Å². The number of aliphatic carboxylic acids is 1. The topological polar surface area (TPSA) is 49.3 Å². The molecular formula is C15H21NO2. The molecule has 0 aromatic heterocycles. The maximum Gasteiger partial charge on any atom is 0.326 e. The molecule has 0 aliphatic heterocycles. The molecule has 1 unspecified atom stereocenters. The molecule has 0 saturated carbocycles. The SMILES string of the molecule is CCCCC(Nc1ccc2c(c1)CCC2)C(=O)O. The highest BCUT2D eigenvalue weighted by molar-refractivity contribution is 5.77. The maximum atomic E-state index is 11.2. The lowest BCUT2D eigenvalue weighted by Gasteiger charge is -2.16. The van der Waals surface area contributed by atoms with Gasteiger partial charge in [-0.1, -0.05) is 25.8 Å². The molecule has 3 nitrogen and oxygen atoms in total. The van der Waals surface area contributed by atoms with Gasteiger partial charge < -0.3 is 10.4 Å². The standard InChI is InChI=1S/C15H21NO2/c1-2-3-7-14(15(17)18)16-13-9-8-11-5-4-6-12(11)10-13/h8-10,14,16H,2-7H2,1H3,(H,17,18). The van der Waals surface area contributed by atoms with Gasteiger partial charge in [0.15, 0.2) is 0 Å². The van der Waals surface area contributed by atoms with Gasteiger partial charge in [-0.15, -0.1) is 0 Å². The molecule has 98 valence electrons. The number of nitrogens with one attached hydrogen (secondary N) is 1. The first-order valence-electron chi connectivity index (χ1n) is 6.82.